The van der Waals surface area contributed by atoms with Gasteiger partial charge in [-0.1, -0.05) is 0 Å². The van der Waals surface area contributed by atoms with E-state index in [1.165, 1.54) is 0 Å². The quantitative estimate of drug-likeness (QED) is 0.810. The average Bonchev–Trinajstić information content (AvgIpc) is 3.16. The van der Waals surface area contributed by atoms with Gasteiger partial charge in [0.15, 0.2) is 0 Å². The van der Waals surface area contributed by atoms with Crippen molar-refractivity contribution in [3.8, 4) is 11.3 Å². The molecule has 2 aliphatic rings. The number of amides is 1. The number of pyridine rings is 1. The first-order valence-electron chi connectivity index (χ1n) is 10.2. The van der Waals surface area contributed by atoms with Crippen LogP contribution in [0.25, 0.3) is 11.3 Å². The summed E-state index contributed by atoms with van der Waals surface area (Å²) < 4.78 is 7.78. The third kappa shape index (κ3) is 4.25. The van der Waals surface area contributed by atoms with Crippen LogP contribution >= 0.6 is 0 Å². The largest absolute Gasteiger partial charge is 0.372 e. The Kier molecular flexibility index (Phi) is 5.73. The minimum atomic E-state index is 0.124. The van der Waals surface area contributed by atoms with Gasteiger partial charge < -0.3 is 9.64 Å². The second-order valence-electron chi connectivity index (χ2n) is 7.99. The number of morpholine rings is 1. The van der Waals surface area contributed by atoms with Crippen molar-refractivity contribution in [2.45, 2.75) is 45.6 Å². The number of hydrogen-bond donors (Lipinski definition) is 0. The Morgan fingerprint density at radius 1 is 1.14 bits per heavy atom. The highest BCUT2D eigenvalue weighted by Crippen LogP contribution is 2.24. The van der Waals surface area contributed by atoms with E-state index in [-0.39, 0.29) is 18.1 Å². The van der Waals surface area contributed by atoms with Crippen molar-refractivity contribution in [1.82, 2.24) is 24.6 Å². The molecule has 0 N–H and O–H groups in total. The molecule has 2 aromatic heterocycles. The number of aromatic nitrogens is 3. The maximum Gasteiger partial charge on any atom is 0.225 e. The van der Waals surface area contributed by atoms with Gasteiger partial charge in [0, 0.05) is 56.3 Å². The lowest BCUT2D eigenvalue weighted by Crippen LogP contribution is -2.51. The number of ether oxygens (including phenoxy) is 1. The molecule has 2 fully saturated rings. The van der Waals surface area contributed by atoms with Gasteiger partial charge in [-0.15, -0.1) is 0 Å². The first kappa shape index (κ1) is 19.1. The Balaban J connectivity index is 1.33. The third-order valence-corrected chi connectivity index (χ3v) is 5.68. The van der Waals surface area contributed by atoms with Crippen molar-refractivity contribution in [2.24, 2.45) is 5.92 Å². The molecule has 4 heterocycles. The molecule has 150 valence electrons. The van der Waals surface area contributed by atoms with Crippen LogP contribution in [0.4, 0.5) is 0 Å². The first-order valence-corrected chi connectivity index (χ1v) is 10.2. The smallest absolute Gasteiger partial charge is 0.225 e. The minimum Gasteiger partial charge on any atom is -0.372 e. The summed E-state index contributed by atoms with van der Waals surface area (Å²) in [4.78, 5) is 21.5. The number of rotatable bonds is 4. The van der Waals surface area contributed by atoms with E-state index in [2.05, 4.69) is 21.0 Å². The molecule has 2 atom stereocenters. The lowest BCUT2D eigenvalue weighted by Gasteiger charge is -2.39. The van der Waals surface area contributed by atoms with E-state index in [0.29, 0.717) is 19.0 Å². The zero-order chi connectivity index (χ0) is 19.5. The van der Waals surface area contributed by atoms with Crippen LogP contribution in [0.5, 0.6) is 0 Å². The molecule has 2 aromatic rings. The van der Waals surface area contributed by atoms with Gasteiger partial charge in [0.25, 0.3) is 0 Å². The van der Waals surface area contributed by atoms with Gasteiger partial charge in [-0.25, -0.2) is 0 Å². The highest BCUT2D eigenvalue weighted by Gasteiger charge is 2.32. The fourth-order valence-electron chi connectivity index (χ4n) is 4.33. The van der Waals surface area contributed by atoms with Crippen molar-refractivity contribution in [3.63, 3.8) is 0 Å². The summed E-state index contributed by atoms with van der Waals surface area (Å²) in [5, 5.41) is 4.49. The zero-order valence-electron chi connectivity index (χ0n) is 16.7. The maximum atomic E-state index is 12.9. The molecule has 7 nitrogen and oxygen atoms in total. The molecule has 0 aromatic carbocycles. The molecule has 0 aliphatic carbocycles. The van der Waals surface area contributed by atoms with E-state index in [1.54, 1.807) is 6.20 Å². The summed E-state index contributed by atoms with van der Waals surface area (Å²) in [5.74, 6) is 0.431. The van der Waals surface area contributed by atoms with Crippen LogP contribution in [0.3, 0.4) is 0 Å². The van der Waals surface area contributed by atoms with Gasteiger partial charge in [0.05, 0.1) is 24.6 Å². The number of hydrogen-bond acceptors (Lipinski definition) is 5. The highest BCUT2D eigenvalue weighted by atomic mass is 16.5. The summed E-state index contributed by atoms with van der Waals surface area (Å²) in [7, 11) is 0. The molecular weight excluding hydrogens is 354 g/mol. The Morgan fingerprint density at radius 3 is 2.57 bits per heavy atom. The summed E-state index contributed by atoms with van der Waals surface area (Å²) in [6.45, 7) is 8.08. The van der Waals surface area contributed by atoms with Crippen LogP contribution in [0.15, 0.2) is 36.8 Å². The average molecular weight is 383 g/mol. The Labute approximate surface area is 166 Å². The van der Waals surface area contributed by atoms with E-state index in [9.17, 15) is 4.79 Å². The molecule has 2 aliphatic heterocycles. The van der Waals surface area contributed by atoms with Crippen LogP contribution in [0, 0.1) is 5.92 Å². The first-order chi connectivity index (χ1) is 13.6. The van der Waals surface area contributed by atoms with E-state index in [4.69, 9.17) is 4.74 Å². The van der Waals surface area contributed by atoms with Gasteiger partial charge in [0.2, 0.25) is 5.91 Å². The van der Waals surface area contributed by atoms with E-state index < -0.39 is 0 Å². The minimum absolute atomic E-state index is 0.124. The second-order valence-corrected chi connectivity index (χ2v) is 7.99. The Morgan fingerprint density at radius 2 is 1.89 bits per heavy atom. The van der Waals surface area contributed by atoms with Crippen molar-refractivity contribution in [2.75, 3.05) is 26.2 Å². The lowest BCUT2D eigenvalue weighted by molar-refractivity contribution is -0.149. The highest BCUT2D eigenvalue weighted by molar-refractivity contribution is 5.79. The predicted octanol–water partition coefficient (Wildman–Crippen LogP) is 2.25. The SMILES string of the molecule is CC1CN(C(=O)C2CCN(Cn3nccc3-c3cccnc3)CC2)CC(C)O1. The van der Waals surface area contributed by atoms with Crippen molar-refractivity contribution < 1.29 is 9.53 Å². The van der Waals surface area contributed by atoms with Gasteiger partial charge in [-0.05, 0) is 44.9 Å². The number of piperidine rings is 1. The molecule has 0 saturated carbocycles. The summed E-state index contributed by atoms with van der Waals surface area (Å²) in [6, 6.07) is 6.01. The number of nitrogens with zero attached hydrogens (tertiary/aromatic N) is 5. The predicted molar refractivity (Wildman–Crippen MR) is 106 cm³/mol. The normalized spacial score (nSPS) is 24.4. The van der Waals surface area contributed by atoms with Gasteiger partial charge in [-0.3, -0.25) is 19.4 Å². The summed E-state index contributed by atoms with van der Waals surface area (Å²) in [5.41, 5.74) is 2.14. The van der Waals surface area contributed by atoms with Gasteiger partial charge in [0.1, 0.15) is 0 Å². The second kappa shape index (κ2) is 8.41. The number of carbonyl (C=O) groups excluding carboxylic acids is 1. The Bertz CT molecular complexity index is 775. The molecule has 0 radical (unpaired) electrons. The third-order valence-electron chi connectivity index (χ3n) is 5.68. The summed E-state index contributed by atoms with van der Waals surface area (Å²) >= 11 is 0. The fraction of sp³-hybridized carbons (Fsp3) is 0.571. The van der Waals surface area contributed by atoms with Crippen molar-refractivity contribution >= 4 is 5.91 Å². The monoisotopic (exact) mass is 383 g/mol. The van der Waals surface area contributed by atoms with Crippen LogP contribution in [-0.4, -0.2) is 68.9 Å². The number of carbonyl (C=O) groups is 1. The molecule has 0 spiro atoms. The molecule has 28 heavy (non-hydrogen) atoms. The molecule has 2 saturated heterocycles. The van der Waals surface area contributed by atoms with E-state index >= 15 is 0 Å². The van der Waals surface area contributed by atoms with Crippen LogP contribution < -0.4 is 0 Å². The van der Waals surface area contributed by atoms with Crippen LogP contribution in [-0.2, 0) is 16.2 Å². The summed E-state index contributed by atoms with van der Waals surface area (Å²) in [6.07, 6.45) is 7.53. The van der Waals surface area contributed by atoms with Crippen molar-refractivity contribution in [1.29, 1.82) is 0 Å². The molecule has 7 heteroatoms. The van der Waals surface area contributed by atoms with Crippen LogP contribution in [0.2, 0.25) is 0 Å². The molecule has 4 rings (SSSR count). The van der Waals surface area contributed by atoms with Gasteiger partial charge in [-0.2, -0.15) is 5.10 Å². The van der Waals surface area contributed by atoms with Crippen molar-refractivity contribution in [3.05, 3.63) is 36.8 Å². The van der Waals surface area contributed by atoms with Gasteiger partial charge >= 0.3 is 0 Å². The molecule has 1 amide bonds. The topological polar surface area (TPSA) is 63.5 Å². The molecule has 0 bridgehead atoms. The van der Waals surface area contributed by atoms with Crippen LogP contribution in [0.1, 0.15) is 26.7 Å². The zero-order valence-corrected chi connectivity index (χ0v) is 16.7. The maximum absolute atomic E-state index is 12.9. The molecule has 2 unspecified atom stereocenters. The standard InChI is InChI=1S/C21H29N5O2/c1-16-13-25(14-17(2)28-16)21(27)18-6-10-24(11-7-18)15-26-20(5-9-23-26)19-4-3-8-22-12-19/h3-5,8-9,12,16-18H,6-7,10-11,13-15H2,1-2H3. The fourth-order valence-corrected chi connectivity index (χ4v) is 4.33. The lowest BCUT2D eigenvalue weighted by atomic mass is 9.95. The van der Waals surface area contributed by atoms with E-state index in [0.717, 1.165) is 43.9 Å². The van der Waals surface area contributed by atoms with E-state index in [1.807, 2.05) is 48.0 Å². The molecular formula is C21H29N5O2. The Hall–Kier alpha value is -2.25. The number of likely N-dealkylation sites (tertiary alicyclic amines) is 1.